The summed E-state index contributed by atoms with van der Waals surface area (Å²) in [6.07, 6.45) is 6.90. The predicted octanol–water partition coefficient (Wildman–Crippen LogP) is 2.08. The Labute approximate surface area is 122 Å². The summed E-state index contributed by atoms with van der Waals surface area (Å²) in [5, 5.41) is 20.1. The lowest BCUT2D eigenvalue weighted by Gasteiger charge is -2.32. The molecule has 106 valence electrons. The highest BCUT2D eigenvalue weighted by Gasteiger charge is 2.27. The van der Waals surface area contributed by atoms with Crippen molar-refractivity contribution in [3.8, 4) is 6.07 Å². The first-order valence-corrected chi connectivity index (χ1v) is 6.88. The third-order valence-electron chi connectivity index (χ3n) is 3.47. The standard InChI is InChI=1S/C15H15N5O/c16-9-11-8-14(20-18-10-11)19-13-2-1-7-21-15(13)12-3-5-17-6-4-12/h3-6,8,10,13,15H,1-2,7H2,(H,19,20)/t13-,15+/m1/s1. The SMILES string of the molecule is N#Cc1cnnc(N[C@@H]2CCCO[C@H]2c2ccncc2)c1. The summed E-state index contributed by atoms with van der Waals surface area (Å²) < 4.78 is 5.90. The lowest BCUT2D eigenvalue weighted by Crippen LogP contribution is -2.34. The maximum absolute atomic E-state index is 8.92. The van der Waals surface area contributed by atoms with Crippen LogP contribution in [0.2, 0.25) is 0 Å². The van der Waals surface area contributed by atoms with Gasteiger partial charge in [-0.1, -0.05) is 0 Å². The first kappa shape index (κ1) is 13.5. The molecule has 0 spiro atoms. The van der Waals surface area contributed by atoms with Crippen LogP contribution in [-0.4, -0.2) is 27.8 Å². The molecule has 0 radical (unpaired) electrons. The van der Waals surface area contributed by atoms with Crippen LogP contribution in [0, 0.1) is 11.3 Å². The van der Waals surface area contributed by atoms with Crippen molar-refractivity contribution in [2.24, 2.45) is 0 Å². The molecule has 6 nitrogen and oxygen atoms in total. The van der Waals surface area contributed by atoms with E-state index in [0.29, 0.717) is 11.4 Å². The Balaban J connectivity index is 1.80. The zero-order valence-corrected chi connectivity index (χ0v) is 11.4. The summed E-state index contributed by atoms with van der Waals surface area (Å²) in [5.41, 5.74) is 1.58. The van der Waals surface area contributed by atoms with E-state index in [0.717, 1.165) is 25.0 Å². The first-order chi connectivity index (χ1) is 10.4. The quantitative estimate of drug-likeness (QED) is 0.927. The van der Waals surface area contributed by atoms with Gasteiger partial charge in [-0.25, -0.2) is 0 Å². The highest BCUT2D eigenvalue weighted by molar-refractivity contribution is 5.42. The molecule has 2 aromatic heterocycles. The van der Waals surface area contributed by atoms with Crippen LogP contribution >= 0.6 is 0 Å². The van der Waals surface area contributed by atoms with E-state index in [4.69, 9.17) is 10.00 Å². The fourth-order valence-corrected chi connectivity index (χ4v) is 2.50. The molecule has 3 rings (SSSR count). The molecule has 0 aromatic carbocycles. The van der Waals surface area contributed by atoms with Crippen LogP contribution in [0.5, 0.6) is 0 Å². The van der Waals surface area contributed by atoms with E-state index in [1.165, 1.54) is 6.20 Å². The van der Waals surface area contributed by atoms with Crippen molar-refractivity contribution in [2.45, 2.75) is 25.0 Å². The number of anilines is 1. The highest BCUT2D eigenvalue weighted by Crippen LogP contribution is 2.30. The summed E-state index contributed by atoms with van der Waals surface area (Å²) in [6.45, 7) is 0.745. The maximum Gasteiger partial charge on any atom is 0.150 e. The molecule has 6 heteroatoms. The molecule has 0 aliphatic carbocycles. The van der Waals surface area contributed by atoms with Crippen LogP contribution in [0.1, 0.15) is 30.1 Å². The Kier molecular flexibility index (Phi) is 4.03. The van der Waals surface area contributed by atoms with Gasteiger partial charge in [0, 0.05) is 25.1 Å². The molecular weight excluding hydrogens is 266 g/mol. The third kappa shape index (κ3) is 3.15. The number of ether oxygens (including phenoxy) is 1. The molecule has 1 N–H and O–H groups in total. The van der Waals surface area contributed by atoms with Gasteiger partial charge in [-0.15, -0.1) is 5.10 Å². The molecule has 1 aliphatic heterocycles. The fraction of sp³-hybridized carbons (Fsp3) is 0.333. The fourth-order valence-electron chi connectivity index (χ4n) is 2.50. The molecule has 0 unspecified atom stereocenters. The Bertz CT molecular complexity index is 640. The zero-order chi connectivity index (χ0) is 14.5. The maximum atomic E-state index is 8.92. The average molecular weight is 281 g/mol. The van der Waals surface area contributed by atoms with Gasteiger partial charge in [-0.2, -0.15) is 10.4 Å². The van der Waals surface area contributed by atoms with Crippen molar-refractivity contribution in [3.05, 3.63) is 47.9 Å². The van der Waals surface area contributed by atoms with Gasteiger partial charge in [0.05, 0.1) is 17.8 Å². The molecule has 2 atom stereocenters. The number of aromatic nitrogens is 3. The minimum absolute atomic E-state index is 0.0470. The largest absolute Gasteiger partial charge is 0.371 e. The van der Waals surface area contributed by atoms with Crippen molar-refractivity contribution in [1.82, 2.24) is 15.2 Å². The van der Waals surface area contributed by atoms with E-state index in [2.05, 4.69) is 26.6 Å². The van der Waals surface area contributed by atoms with E-state index < -0.39 is 0 Å². The minimum Gasteiger partial charge on any atom is -0.371 e. The number of rotatable bonds is 3. The zero-order valence-electron chi connectivity index (χ0n) is 11.4. The summed E-state index contributed by atoms with van der Waals surface area (Å²) in [5.74, 6) is 0.601. The first-order valence-electron chi connectivity index (χ1n) is 6.88. The molecule has 3 heterocycles. The Morgan fingerprint density at radius 2 is 2.19 bits per heavy atom. The lowest BCUT2D eigenvalue weighted by atomic mass is 9.96. The summed E-state index contributed by atoms with van der Waals surface area (Å²) in [6, 6.07) is 7.79. The van der Waals surface area contributed by atoms with Crippen LogP contribution in [-0.2, 0) is 4.74 Å². The number of hydrogen-bond donors (Lipinski definition) is 1. The molecule has 0 saturated carbocycles. The second kappa shape index (κ2) is 6.29. The topological polar surface area (TPSA) is 83.7 Å². The molecule has 1 fully saturated rings. The van der Waals surface area contributed by atoms with Gasteiger partial charge in [-0.3, -0.25) is 4.98 Å². The third-order valence-corrected chi connectivity index (χ3v) is 3.47. The van der Waals surface area contributed by atoms with Gasteiger partial charge in [0.1, 0.15) is 18.0 Å². The molecule has 1 aliphatic rings. The molecule has 2 aromatic rings. The van der Waals surface area contributed by atoms with Gasteiger partial charge >= 0.3 is 0 Å². The van der Waals surface area contributed by atoms with E-state index in [9.17, 15) is 0 Å². The average Bonchev–Trinajstić information content (AvgIpc) is 2.56. The van der Waals surface area contributed by atoms with Crippen LogP contribution in [0.25, 0.3) is 0 Å². The normalized spacial score (nSPS) is 21.5. The molecular formula is C15H15N5O. The van der Waals surface area contributed by atoms with E-state index in [1.54, 1.807) is 18.5 Å². The molecule has 1 saturated heterocycles. The molecule has 21 heavy (non-hydrogen) atoms. The van der Waals surface area contributed by atoms with Crippen molar-refractivity contribution in [3.63, 3.8) is 0 Å². The van der Waals surface area contributed by atoms with Gasteiger partial charge < -0.3 is 10.1 Å². The Morgan fingerprint density at radius 1 is 1.33 bits per heavy atom. The highest BCUT2D eigenvalue weighted by atomic mass is 16.5. The van der Waals surface area contributed by atoms with Crippen LogP contribution < -0.4 is 5.32 Å². The van der Waals surface area contributed by atoms with Gasteiger partial charge in [-0.05, 0) is 30.5 Å². The number of nitrogens with one attached hydrogen (secondary N) is 1. The number of hydrogen-bond acceptors (Lipinski definition) is 6. The van der Waals surface area contributed by atoms with Gasteiger partial charge in [0.15, 0.2) is 0 Å². The number of nitriles is 1. The number of pyridine rings is 1. The monoisotopic (exact) mass is 281 g/mol. The minimum atomic E-state index is -0.0470. The van der Waals surface area contributed by atoms with Crippen molar-refractivity contribution < 1.29 is 4.74 Å². The molecule has 0 amide bonds. The Morgan fingerprint density at radius 3 is 3.00 bits per heavy atom. The van der Waals surface area contributed by atoms with Crippen molar-refractivity contribution in [1.29, 1.82) is 5.26 Å². The number of nitrogens with zero attached hydrogens (tertiary/aromatic N) is 4. The summed E-state index contributed by atoms with van der Waals surface area (Å²) in [7, 11) is 0. The van der Waals surface area contributed by atoms with E-state index in [-0.39, 0.29) is 12.1 Å². The van der Waals surface area contributed by atoms with Crippen molar-refractivity contribution in [2.75, 3.05) is 11.9 Å². The summed E-state index contributed by atoms with van der Waals surface area (Å²) >= 11 is 0. The Hall–Kier alpha value is -2.52. The second-order valence-corrected chi connectivity index (χ2v) is 4.91. The second-order valence-electron chi connectivity index (χ2n) is 4.91. The smallest absolute Gasteiger partial charge is 0.150 e. The van der Waals surface area contributed by atoms with E-state index >= 15 is 0 Å². The summed E-state index contributed by atoms with van der Waals surface area (Å²) in [4.78, 5) is 4.04. The van der Waals surface area contributed by atoms with Gasteiger partial charge in [0.2, 0.25) is 0 Å². The van der Waals surface area contributed by atoms with Crippen LogP contribution in [0.15, 0.2) is 36.8 Å². The predicted molar refractivity (Wildman–Crippen MR) is 76.3 cm³/mol. The van der Waals surface area contributed by atoms with E-state index in [1.807, 2.05) is 12.1 Å². The van der Waals surface area contributed by atoms with Gasteiger partial charge in [0.25, 0.3) is 0 Å². The van der Waals surface area contributed by atoms with Crippen LogP contribution in [0.3, 0.4) is 0 Å². The molecule has 0 bridgehead atoms. The van der Waals surface area contributed by atoms with Crippen molar-refractivity contribution >= 4 is 5.82 Å². The lowest BCUT2D eigenvalue weighted by molar-refractivity contribution is 0.00549. The van der Waals surface area contributed by atoms with Crippen LogP contribution in [0.4, 0.5) is 5.82 Å².